The van der Waals surface area contributed by atoms with Gasteiger partial charge in [-0.05, 0) is 111 Å². The summed E-state index contributed by atoms with van der Waals surface area (Å²) < 4.78 is 47.1. The molecule has 5 nitrogen and oxygen atoms in total. The molecule has 1 aromatic heterocycles. The first kappa shape index (κ1) is 33.9. The molecule has 2 aromatic carbocycles. The Labute approximate surface area is 250 Å². The quantitative estimate of drug-likeness (QED) is 0.141. The van der Waals surface area contributed by atoms with E-state index in [0.717, 1.165) is 63.4 Å². The minimum absolute atomic E-state index is 0.0247. The summed E-state index contributed by atoms with van der Waals surface area (Å²) >= 11 is 0. The van der Waals surface area contributed by atoms with Crippen LogP contribution in [0.15, 0.2) is 36.4 Å². The van der Waals surface area contributed by atoms with E-state index in [2.05, 4.69) is 17.2 Å². The molecular formula is C34H51F3N4O. The number of benzene rings is 2. The van der Waals surface area contributed by atoms with Gasteiger partial charge in [-0.2, -0.15) is 13.2 Å². The van der Waals surface area contributed by atoms with Crippen LogP contribution >= 0.6 is 0 Å². The minimum atomic E-state index is -4.34. The monoisotopic (exact) mass is 588 g/mol. The van der Waals surface area contributed by atoms with Gasteiger partial charge in [0.25, 0.3) is 0 Å². The van der Waals surface area contributed by atoms with Gasteiger partial charge in [-0.1, -0.05) is 45.7 Å². The van der Waals surface area contributed by atoms with Crippen molar-refractivity contribution in [3.05, 3.63) is 64.3 Å². The number of ether oxygens (including phenoxy) is 1. The number of halogens is 3. The fourth-order valence-electron chi connectivity index (χ4n) is 6.18. The normalized spacial score (nSPS) is 17.3. The van der Waals surface area contributed by atoms with Gasteiger partial charge in [0.05, 0.1) is 5.56 Å². The lowest BCUT2D eigenvalue weighted by molar-refractivity contribution is -0.138. The van der Waals surface area contributed by atoms with Crippen molar-refractivity contribution >= 4 is 10.9 Å². The molecule has 2 aliphatic rings. The van der Waals surface area contributed by atoms with Crippen molar-refractivity contribution in [2.45, 2.75) is 116 Å². The number of alkyl halides is 3. The third-order valence-electron chi connectivity index (χ3n) is 8.34. The molecule has 0 radical (unpaired) electrons. The van der Waals surface area contributed by atoms with E-state index in [0.29, 0.717) is 35.5 Å². The number of aromatic amines is 1. The molecule has 0 spiro atoms. The first-order chi connectivity index (χ1) is 20.2. The van der Waals surface area contributed by atoms with Crippen molar-refractivity contribution in [1.82, 2.24) is 10.3 Å². The number of nitrogens with one attached hydrogen (secondary N) is 2. The zero-order valence-corrected chi connectivity index (χ0v) is 25.9. The molecule has 5 rings (SSSR count). The maximum absolute atomic E-state index is 13.7. The summed E-state index contributed by atoms with van der Waals surface area (Å²) in [6.07, 6.45) is 4.94. The predicted molar refractivity (Wildman–Crippen MR) is 168 cm³/mol. The van der Waals surface area contributed by atoms with Gasteiger partial charge >= 0.3 is 6.18 Å². The van der Waals surface area contributed by atoms with Crippen molar-refractivity contribution in [2.75, 3.05) is 13.2 Å². The van der Waals surface area contributed by atoms with E-state index in [1.54, 1.807) is 12.1 Å². The van der Waals surface area contributed by atoms with E-state index in [1.165, 1.54) is 29.1 Å². The lowest BCUT2D eigenvalue weighted by atomic mass is 9.91. The molecule has 2 aliphatic carbocycles. The summed E-state index contributed by atoms with van der Waals surface area (Å²) in [7, 11) is 0. The zero-order chi connectivity index (χ0) is 30.7. The van der Waals surface area contributed by atoms with E-state index < -0.39 is 11.7 Å². The predicted octanol–water partition coefficient (Wildman–Crippen LogP) is 8.51. The summed E-state index contributed by atoms with van der Waals surface area (Å²) in [5.41, 5.74) is 15.0. The molecule has 1 saturated carbocycles. The molecule has 0 aliphatic heterocycles. The number of aromatic nitrogens is 1. The van der Waals surface area contributed by atoms with Crippen LogP contribution in [0.3, 0.4) is 0 Å². The lowest BCUT2D eigenvalue weighted by Crippen LogP contribution is -2.25. The molecule has 234 valence electrons. The van der Waals surface area contributed by atoms with E-state index in [9.17, 15) is 13.2 Å². The van der Waals surface area contributed by atoms with Crippen molar-refractivity contribution < 1.29 is 17.9 Å². The van der Waals surface area contributed by atoms with Crippen LogP contribution < -0.4 is 21.5 Å². The Morgan fingerprint density at radius 3 is 2.45 bits per heavy atom. The Morgan fingerprint density at radius 1 is 1.07 bits per heavy atom. The van der Waals surface area contributed by atoms with E-state index in [1.807, 2.05) is 39.0 Å². The van der Waals surface area contributed by atoms with Crippen LogP contribution in [0.2, 0.25) is 0 Å². The minimum Gasteiger partial charge on any atom is -0.489 e. The average Bonchev–Trinajstić information content (AvgIpc) is 3.73. The van der Waals surface area contributed by atoms with Crippen LogP contribution in [0.1, 0.15) is 119 Å². The van der Waals surface area contributed by atoms with Gasteiger partial charge in [-0.3, -0.25) is 0 Å². The third kappa shape index (κ3) is 8.98. The number of hydrogen-bond acceptors (Lipinski definition) is 4. The first-order valence-corrected chi connectivity index (χ1v) is 15.8. The van der Waals surface area contributed by atoms with Gasteiger partial charge < -0.3 is 26.5 Å². The molecule has 1 fully saturated rings. The summed E-state index contributed by atoms with van der Waals surface area (Å²) in [4.78, 5) is 3.55. The number of fused-ring (bicyclic) bond motifs is 3. The smallest absolute Gasteiger partial charge is 0.416 e. The van der Waals surface area contributed by atoms with Crippen molar-refractivity contribution in [1.29, 1.82) is 0 Å². The topological polar surface area (TPSA) is 89.1 Å². The standard InChI is InChI=1S/C26H28F3NO.C6H17N3.C2H6/c1-2-17-8-11-21-22-14-19(9-12-24(22)30-25(17)21)31-15-16-7-10-20(18-5-3-4-6-18)23(13-16)26(27,28)29;1-6(8)3-2-4-9-5-7;1-2/h7,9-10,12-14,17-18,30H,2-6,8,11,15H2,1H3;6,9H,2-5,7-8H2,1H3;1-2H3/t17-;6-;/m01./s1. The fraction of sp³-hybridized carbons (Fsp3) is 0.588. The van der Waals surface area contributed by atoms with E-state index in [-0.39, 0.29) is 12.5 Å². The molecule has 1 heterocycles. The second kappa shape index (κ2) is 16.3. The molecule has 2 atom stereocenters. The summed E-state index contributed by atoms with van der Waals surface area (Å²) in [5, 5.41) is 4.20. The Bertz CT molecular complexity index is 1230. The molecule has 0 unspecified atom stereocenters. The van der Waals surface area contributed by atoms with Gasteiger partial charge in [0, 0.05) is 29.3 Å². The maximum Gasteiger partial charge on any atom is 0.416 e. The Hall–Kier alpha value is -2.55. The molecule has 8 heteroatoms. The van der Waals surface area contributed by atoms with Gasteiger partial charge in [0.2, 0.25) is 0 Å². The molecule has 3 aromatic rings. The van der Waals surface area contributed by atoms with E-state index >= 15 is 0 Å². The number of rotatable bonds is 10. The summed E-state index contributed by atoms with van der Waals surface area (Å²) in [6, 6.07) is 11.0. The Balaban J connectivity index is 0.000000379. The highest BCUT2D eigenvalue weighted by Gasteiger charge is 2.36. The molecule has 0 bridgehead atoms. The van der Waals surface area contributed by atoms with Crippen molar-refractivity contribution in [3.8, 4) is 5.75 Å². The molecule has 42 heavy (non-hydrogen) atoms. The van der Waals surface area contributed by atoms with Gasteiger partial charge in [0.1, 0.15) is 12.4 Å². The van der Waals surface area contributed by atoms with Crippen LogP contribution in [0.4, 0.5) is 13.2 Å². The first-order valence-electron chi connectivity index (χ1n) is 15.8. The molecule has 0 amide bonds. The number of H-pyrrole nitrogens is 1. The second-order valence-electron chi connectivity index (χ2n) is 11.4. The molecule has 6 N–H and O–H groups in total. The van der Waals surface area contributed by atoms with E-state index in [4.69, 9.17) is 16.2 Å². The molecule has 0 saturated heterocycles. The van der Waals surface area contributed by atoms with Crippen LogP contribution in [-0.4, -0.2) is 24.2 Å². The highest BCUT2D eigenvalue weighted by Crippen LogP contribution is 2.42. The van der Waals surface area contributed by atoms with Crippen LogP contribution in [0.5, 0.6) is 5.75 Å². The highest BCUT2D eigenvalue weighted by molar-refractivity contribution is 5.86. The third-order valence-corrected chi connectivity index (χ3v) is 8.34. The fourth-order valence-corrected chi connectivity index (χ4v) is 6.18. The van der Waals surface area contributed by atoms with Crippen molar-refractivity contribution in [2.24, 2.45) is 11.5 Å². The maximum atomic E-state index is 13.7. The number of hydrogen-bond donors (Lipinski definition) is 4. The Morgan fingerprint density at radius 2 is 1.81 bits per heavy atom. The van der Waals surface area contributed by atoms with Gasteiger partial charge in [-0.25, -0.2) is 0 Å². The largest absolute Gasteiger partial charge is 0.489 e. The van der Waals surface area contributed by atoms with Gasteiger partial charge in [0.15, 0.2) is 0 Å². The van der Waals surface area contributed by atoms with Crippen molar-refractivity contribution in [3.63, 3.8) is 0 Å². The van der Waals surface area contributed by atoms with Crippen LogP contribution in [0, 0.1) is 0 Å². The van der Waals surface area contributed by atoms with Gasteiger partial charge in [-0.15, -0.1) is 0 Å². The zero-order valence-electron chi connectivity index (χ0n) is 25.9. The second-order valence-corrected chi connectivity index (χ2v) is 11.4. The summed E-state index contributed by atoms with van der Waals surface area (Å²) in [5.74, 6) is 1.31. The molecular weight excluding hydrogens is 537 g/mol. The number of aryl methyl sites for hydroxylation is 1. The highest BCUT2D eigenvalue weighted by atomic mass is 19.4. The number of nitrogens with two attached hydrogens (primary N) is 2. The summed E-state index contributed by atoms with van der Waals surface area (Å²) in [6.45, 7) is 9.91. The average molecular weight is 589 g/mol. The Kier molecular flexibility index (Phi) is 13.2. The van der Waals surface area contributed by atoms with Crippen LogP contribution in [0.25, 0.3) is 10.9 Å². The SMILES string of the molecule is CC.CC[C@H]1CCc2c1[nH]c1ccc(OCc3ccc(C4CCCC4)c(C(F)(F)F)c3)cc21.C[C@@H](N)CCCNCN. The van der Waals surface area contributed by atoms with Crippen LogP contribution in [-0.2, 0) is 19.2 Å². The lowest BCUT2D eigenvalue weighted by Gasteiger charge is -2.19.